The minimum absolute atomic E-state index is 0. The third-order valence-corrected chi connectivity index (χ3v) is 2.04. The van der Waals surface area contributed by atoms with Gasteiger partial charge in [0.1, 0.15) is 0 Å². The van der Waals surface area contributed by atoms with Crippen molar-refractivity contribution in [2.45, 2.75) is 19.4 Å². The van der Waals surface area contributed by atoms with E-state index in [0.717, 1.165) is 6.54 Å². The van der Waals surface area contributed by atoms with Gasteiger partial charge < -0.3 is 15.2 Å². The third kappa shape index (κ3) is 3.50. The summed E-state index contributed by atoms with van der Waals surface area (Å²) in [5.41, 5.74) is 0. The molecular formula is C8H16ClNO3. The minimum atomic E-state index is -0.585. The summed E-state index contributed by atoms with van der Waals surface area (Å²) in [6, 6.07) is 0. The lowest BCUT2D eigenvalue weighted by Gasteiger charge is -2.26. The smallest absolute Gasteiger partial charge is 0.311 e. The van der Waals surface area contributed by atoms with E-state index < -0.39 is 6.10 Å². The number of rotatable bonds is 2. The van der Waals surface area contributed by atoms with E-state index >= 15 is 0 Å². The van der Waals surface area contributed by atoms with Gasteiger partial charge in [0, 0.05) is 6.54 Å². The molecular weight excluding hydrogens is 194 g/mol. The second-order valence-electron chi connectivity index (χ2n) is 2.92. The molecule has 0 aromatic rings. The standard InChI is InChI=1S/C8H15NO3.ClH/c1-2-12-8(11)6-3-4-9-5-7(6)10;/h6-7,9-10H,2-5H2,1H3;1H/t6-,7-;/m1./s1. The summed E-state index contributed by atoms with van der Waals surface area (Å²) in [7, 11) is 0. The monoisotopic (exact) mass is 209 g/mol. The van der Waals surface area contributed by atoms with E-state index in [9.17, 15) is 9.90 Å². The molecule has 2 atom stereocenters. The van der Waals surface area contributed by atoms with Crippen LogP contribution in [-0.4, -0.2) is 36.9 Å². The van der Waals surface area contributed by atoms with Crippen LogP contribution < -0.4 is 5.32 Å². The first-order chi connectivity index (χ1) is 5.75. The highest BCUT2D eigenvalue weighted by Crippen LogP contribution is 2.13. The van der Waals surface area contributed by atoms with E-state index in [4.69, 9.17) is 4.74 Å². The number of aliphatic hydroxyl groups excluding tert-OH is 1. The number of nitrogens with one attached hydrogen (secondary N) is 1. The maximum Gasteiger partial charge on any atom is 0.311 e. The van der Waals surface area contributed by atoms with Crippen molar-refractivity contribution in [3.05, 3.63) is 0 Å². The molecule has 78 valence electrons. The molecule has 0 spiro atoms. The number of esters is 1. The van der Waals surface area contributed by atoms with E-state index in [-0.39, 0.29) is 24.3 Å². The Bertz CT molecular complexity index is 165. The molecule has 1 heterocycles. The molecule has 5 heteroatoms. The highest BCUT2D eigenvalue weighted by atomic mass is 35.5. The third-order valence-electron chi connectivity index (χ3n) is 2.04. The van der Waals surface area contributed by atoms with Crippen LogP contribution in [0.3, 0.4) is 0 Å². The molecule has 1 fully saturated rings. The zero-order valence-corrected chi connectivity index (χ0v) is 8.47. The van der Waals surface area contributed by atoms with Crippen LogP contribution in [0.5, 0.6) is 0 Å². The number of carbonyl (C=O) groups excluding carboxylic acids is 1. The summed E-state index contributed by atoms with van der Waals surface area (Å²) >= 11 is 0. The van der Waals surface area contributed by atoms with Crippen molar-refractivity contribution >= 4 is 18.4 Å². The van der Waals surface area contributed by atoms with Crippen molar-refractivity contribution in [3.63, 3.8) is 0 Å². The molecule has 0 radical (unpaired) electrons. The molecule has 1 rings (SSSR count). The summed E-state index contributed by atoms with van der Waals surface area (Å²) in [4.78, 5) is 11.2. The fourth-order valence-corrected chi connectivity index (χ4v) is 1.37. The van der Waals surface area contributed by atoms with E-state index in [2.05, 4.69) is 5.32 Å². The molecule has 0 aromatic heterocycles. The molecule has 0 unspecified atom stereocenters. The molecule has 1 saturated heterocycles. The average molecular weight is 210 g/mol. The lowest BCUT2D eigenvalue weighted by Crippen LogP contribution is -2.44. The Morgan fingerprint density at radius 2 is 2.38 bits per heavy atom. The first-order valence-corrected chi connectivity index (χ1v) is 4.31. The van der Waals surface area contributed by atoms with E-state index in [1.54, 1.807) is 6.92 Å². The number of carbonyl (C=O) groups is 1. The summed E-state index contributed by atoms with van der Waals surface area (Å²) in [5.74, 6) is -0.599. The topological polar surface area (TPSA) is 58.6 Å². The summed E-state index contributed by atoms with van der Waals surface area (Å²) in [6.45, 7) is 3.42. The van der Waals surface area contributed by atoms with Crippen molar-refractivity contribution in [2.24, 2.45) is 5.92 Å². The lowest BCUT2D eigenvalue weighted by molar-refractivity contribution is -0.153. The first kappa shape index (κ1) is 12.7. The van der Waals surface area contributed by atoms with Crippen LogP contribution in [0.2, 0.25) is 0 Å². The second kappa shape index (κ2) is 6.18. The molecule has 0 amide bonds. The number of β-amino-alcohol motifs (C(OH)–C–C–N with tert-alkyl or cyclic N) is 1. The Morgan fingerprint density at radius 1 is 1.69 bits per heavy atom. The van der Waals surface area contributed by atoms with Gasteiger partial charge in [-0.3, -0.25) is 4.79 Å². The van der Waals surface area contributed by atoms with Gasteiger partial charge in [-0.2, -0.15) is 0 Å². The zero-order valence-electron chi connectivity index (χ0n) is 7.66. The Labute approximate surface area is 84.1 Å². The van der Waals surface area contributed by atoms with Gasteiger partial charge in [-0.25, -0.2) is 0 Å². The summed E-state index contributed by atoms with van der Waals surface area (Å²) < 4.78 is 4.83. The summed E-state index contributed by atoms with van der Waals surface area (Å²) in [5, 5.41) is 12.4. The Morgan fingerprint density at radius 3 is 2.92 bits per heavy atom. The normalized spacial score (nSPS) is 27.5. The highest BCUT2D eigenvalue weighted by Gasteiger charge is 2.30. The van der Waals surface area contributed by atoms with Crippen molar-refractivity contribution in [3.8, 4) is 0 Å². The molecule has 13 heavy (non-hydrogen) atoms. The van der Waals surface area contributed by atoms with Crippen LogP contribution in [-0.2, 0) is 9.53 Å². The number of hydrogen-bond acceptors (Lipinski definition) is 4. The van der Waals surface area contributed by atoms with E-state index in [0.29, 0.717) is 19.6 Å². The maximum absolute atomic E-state index is 11.2. The maximum atomic E-state index is 11.2. The molecule has 2 N–H and O–H groups in total. The molecule has 0 aliphatic carbocycles. The minimum Gasteiger partial charge on any atom is -0.466 e. The van der Waals surface area contributed by atoms with E-state index in [1.165, 1.54) is 0 Å². The number of halogens is 1. The predicted octanol–water partition coefficient (Wildman–Crippen LogP) is -0.0583. The lowest BCUT2D eigenvalue weighted by atomic mass is 9.95. The van der Waals surface area contributed by atoms with Crippen LogP contribution >= 0.6 is 12.4 Å². The fourth-order valence-electron chi connectivity index (χ4n) is 1.37. The van der Waals surface area contributed by atoms with Gasteiger partial charge in [-0.15, -0.1) is 12.4 Å². The number of aliphatic hydroxyl groups is 1. The molecule has 4 nitrogen and oxygen atoms in total. The quantitative estimate of drug-likeness (QED) is 0.626. The van der Waals surface area contributed by atoms with Crippen LogP contribution in [0.4, 0.5) is 0 Å². The van der Waals surface area contributed by atoms with Crippen molar-refractivity contribution in [2.75, 3.05) is 19.7 Å². The van der Waals surface area contributed by atoms with Gasteiger partial charge in [0.25, 0.3) is 0 Å². The van der Waals surface area contributed by atoms with Crippen LogP contribution in [0.15, 0.2) is 0 Å². The SMILES string of the molecule is CCOC(=O)[C@@H]1CCNC[C@H]1O.Cl. The van der Waals surface area contributed by atoms with Crippen LogP contribution in [0.25, 0.3) is 0 Å². The number of ether oxygens (including phenoxy) is 1. The molecule has 0 saturated carbocycles. The van der Waals surface area contributed by atoms with Gasteiger partial charge in [-0.05, 0) is 19.9 Å². The van der Waals surface area contributed by atoms with Crippen molar-refractivity contribution in [1.29, 1.82) is 0 Å². The van der Waals surface area contributed by atoms with Gasteiger partial charge in [0.05, 0.1) is 18.6 Å². The first-order valence-electron chi connectivity index (χ1n) is 4.31. The van der Waals surface area contributed by atoms with Crippen LogP contribution in [0.1, 0.15) is 13.3 Å². The zero-order chi connectivity index (χ0) is 8.97. The molecule has 0 bridgehead atoms. The van der Waals surface area contributed by atoms with Gasteiger partial charge in [0.2, 0.25) is 0 Å². The highest BCUT2D eigenvalue weighted by molar-refractivity contribution is 5.85. The number of hydrogen-bond donors (Lipinski definition) is 2. The van der Waals surface area contributed by atoms with E-state index in [1.807, 2.05) is 0 Å². The molecule has 0 aromatic carbocycles. The summed E-state index contributed by atoms with van der Waals surface area (Å²) in [6.07, 6.45) is 0.0813. The molecule has 1 aliphatic rings. The number of piperidine rings is 1. The Hall–Kier alpha value is -0.320. The predicted molar refractivity (Wildman–Crippen MR) is 50.9 cm³/mol. The van der Waals surface area contributed by atoms with Gasteiger partial charge in [0.15, 0.2) is 0 Å². The van der Waals surface area contributed by atoms with Crippen molar-refractivity contribution in [1.82, 2.24) is 5.32 Å². The fraction of sp³-hybridized carbons (Fsp3) is 0.875. The average Bonchev–Trinajstić information content (AvgIpc) is 2.05. The largest absolute Gasteiger partial charge is 0.466 e. The van der Waals surface area contributed by atoms with Gasteiger partial charge >= 0.3 is 5.97 Å². The van der Waals surface area contributed by atoms with Crippen LogP contribution in [0, 0.1) is 5.92 Å². The Kier molecular flexibility index (Phi) is 6.03. The van der Waals surface area contributed by atoms with Gasteiger partial charge in [-0.1, -0.05) is 0 Å². The molecule has 1 aliphatic heterocycles. The van der Waals surface area contributed by atoms with Crippen molar-refractivity contribution < 1.29 is 14.6 Å². The second-order valence-corrected chi connectivity index (χ2v) is 2.92. The Balaban J connectivity index is 0.00000144.